The molecule has 3 aromatic rings. The van der Waals surface area contributed by atoms with E-state index >= 15 is 0 Å². The van der Waals surface area contributed by atoms with Crippen molar-refractivity contribution in [1.82, 2.24) is 9.97 Å². The molecule has 0 aliphatic carbocycles. The van der Waals surface area contributed by atoms with Crippen LogP contribution in [-0.4, -0.2) is 15.8 Å². The minimum atomic E-state index is 0.0202. The number of nitrogens with zero attached hydrogens (tertiary/aromatic N) is 3. The van der Waals surface area contributed by atoms with Crippen molar-refractivity contribution in [3.63, 3.8) is 0 Å². The summed E-state index contributed by atoms with van der Waals surface area (Å²) in [6.07, 6.45) is 2.56. The molecule has 0 radical (unpaired) electrons. The van der Waals surface area contributed by atoms with E-state index in [9.17, 15) is 0 Å². The molecule has 0 amide bonds. The molecule has 0 aliphatic rings. The molecule has 8 heteroatoms. The van der Waals surface area contributed by atoms with Gasteiger partial charge in [-0.25, -0.2) is 10.5 Å². The van der Waals surface area contributed by atoms with E-state index in [1.165, 1.54) is 0 Å². The predicted molar refractivity (Wildman–Crippen MR) is 114 cm³/mol. The standard InChI is InChI=1S/C21H21ClN6O/c1-13-3-7-19(14(2)26-13)29-17-9-10-25-21(12-17)27-16-5-6-18(22)15(11-16)4-8-20(23)28-24/h3,5-7,9-12,23-24H,4,8H2,1-2H3,(H,25,27). The summed E-state index contributed by atoms with van der Waals surface area (Å²) in [6, 6.07) is 13.0. The summed E-state index contributed by atoms with van der Waals surface area (Å²) in [7, 11) is 0. The molecular weight excluding hydrogens is 388 g/mol. The molecule has 29 heavy (non-hydrogen) atoms. The Labute approximate surface area is 174 Å². The second kappa shape index (κ2) is 9.25. The Morgan fingerprint density at radius 3 is 2.76 bits per heavy atom. The van der Waals surface area contributed by atoms with E-state index in [2.05, 4.69) is 20.4 Å². The Balaban J connectivity index is 1.74. The first-order valence-corrected chi connectivity index (χ1v) is 9.41. The van der Waals surface area contributed by atoms with Crippen molar-refractivity contribution in [1.29, 1.82) is 10.9 Å². The molecule has 0 atom stereocenters. The van der Waals surface area contributed by atoms with Gasteiger partial charge in [0.1, 0.15) is 23.2 Å². The minimum Gasteiger partial charge on any atom is -0.455 e. The molecule has 0 fully saturated rings. The van der Waals surface area contributed by atoms with Gasteiger partial charge in [-0.05, 0) is 62.2 Å². The summed E-state index contributed by atoms with van der Waals surface area (Å²) in [5.74, 6) is 1.99. The van der Waals surface area contributed by atoms with Gasteiger partial charge in [-0.15, -0.1) is 5.11 Å². The smallest absolute Gasteiger partial charge is 0.148 e. The zero-order chi connectivity index (χ0) is 20.8. The molecule has 0 aliphatic heterocycles. The zero-order valence-electron chi connectivity index (χ0n) is 16.2. The molecule has 2 heterocycles. The number of aryl methyl sites for hydroxylation is 3. The van der Waals surface area contributed by atoms with Gasteiger partial charge in [0, 0.05) is 35.1 Å². The van der Waals surface area contributed by atoms with Crippen molar-refractivity contribution in [2.75, 3.05) is 5.32 Å². The Bertz CT molecular complexity index is 1050. The monoisotopic (exact) mass is 408 g/mol. The molecular formula is C21H21ClN6O. The van der Waals surface area contributed by atoms with Crippen molar-refractivity contribution in [3.05, 3.63) is 70.6 Å². The first kappa shape index (κ1) is 20.4. The molecule has 0 spiro atoms. The van der Waals surface area contributed by atoms with Crippen LogP contribution in [0.5, 0.6) is 11.5 Å². The third kappa shape index (κ3) is 5.58. The number of pyridine rings is 2. The van der Waals surface area contributed by atoms with Crippen LogP contribution in [0.25, 0.3) is 0 Å². The molecule has 7 nitrogen and oxygen atoms in total. The lowest BCUT2D eigenvalue weighted by atomic mass is 10.1. The summed E-state index contributed by atoms with van der Waals surface area (Å²) in [6.45, 7) is 3.85. The average molecular weight is 409 g/mol. The fourth-order valence-corrected chi connectivity index (χ4v) is 2.96. The van der Waals surface area contributed by atoms with Gasteiger partial charge in [0.25, 0.3) is 0 Å². The third-order valence-corrected chi connectivity index (χ3v) is 4.59. The lowest BCUT2D eigenvalue weighted by Crippen LogP contribution is -1.98. The van der Waals surface area contributed by atoms with E-state index in [0.717, 1.165) is 22.6 Å². The van der Waals surface area contributed by atoms with Crippen LogP contribution >= 0.6 is 11.6 Å². The largest absolute Gasteiger partial charge is 0.455 e. The Morgan fingerprint density at radius 1 is 1.17 bits per heavy atom. The summed E-state index contributed by atoms with van der Waals surface area (Å²) in [4.78, 5) is 8.75. The van der Waals surface area contributed by atoms with Crippen molar-refractivity contribution in [2.24, 2.45) is 5.11 Å². The van der Waals surface area contributed by atoms with E-state index in [4.69, 9.17) is 27.3 Å². The number of aromatic nitrogens is 2. The number of benzene rings is 1. The van der Waals surface area contributed by atoms with Gasteiger partial charge in [0.05, 0.1) is 5.69 Å². The van der Waals surface area contributed by atoms with E-state index in [1.54, 1.807) is 18.3 Å². The van der Waals surface area contributed by atoms with E-state index in [-0.39, 0.29) is 5.84 Å². The summed E-state index contributed by atoms with van der Waals surface area (Å²) >= 11 is 6.25. The Kier molecular flexibility index (Phi) is 6.51. The van der Waals surface area contributed by atoms with Gasteiger partial charge < -0.3 is 10.1 Å². The number of hydrogen-bond acceptors (Lipinski definition) is 6. The molecule has 0 saturated carbocycles. The number of anilines is 2. The van der Waals surface area contributed by atoms with Crippen molar-refractivity contribution in [2.45, 2.75) is 26.7 Å². The second-order valence-corrected chi connectivity index (χ2v) is 6.91. The summed E-state index contributed by atoms with van der Waals surface area (Å²) in [5.41, 5.74) is 10.3. The number of hydrogen-bond donors (Lipinski definition) is 3. The summed E-state index contributed by atoms with van der Waals surface area (Å²) < 4.78 is 5.95. The van der Waals surface area contributed by atoms with Crippen molar-refractivity contribution >= 4 is 28.9 Å². The Hall–Kier alpha value is -3.32. The number of amidine groups is 1. The SMILES string of the molecule is Cc1ccc(Oc2ccnc(Nc3ccc(Cl)c(CCC(=N)N=N)c3)c2)c(C)n1. The predicted octanol–water partition coefficient (Wildman–Crippen LogP) is 6.22. The number of halogens is 1. The molecule has 3 rings (SSSR count). The molecule has 1 aromatic carbocycles. The van der Waals surface area contributed by atoms with Crippen molar-refractivity contribution < 1.29 is 4.74 Å². The van der Waals surface area contributed by atoms with Gasteiger partial charge in [-0.2, -0.15) is 0 Å². The zero-order valence-corrected chi connectivity index (χ0v) is 16.9. The normalized spacial score (nSPS) is 10.4. The van der Waals surface area contributed by atoms with E-state index in [1.807, 2.05) is 44.2 Å². The lowest BCUT2D eigenvalue weighted by Gasteiger charge is -2.12. The first-order chi connectivity index (χ1) is 13.9. The van der Waals surface area contributed by atoms with Crippen LogP contribution < -0.4 is 10.1 Å². The van der Waals surface area contributed by atoms with Gasteiger partial charge in [0.15, 0.2) is 0 Å². The fourth-order valence-electron chi connectivity index (χ4n) is 2.75. The number of nitrogens with one attached hydrogen (secondary N) is 3. The van der Waals surface area contributed by atoms with Crippen molar-refractivity contribution in [3.8, 4) is 11.5 Å². The maximum Gasteiger partial charge on any atom is 0.148 e. The lowest BCUT2D eigenvalue weighted by molar-refractivity contribution is 0.475. The highest BCUT2D eigenvalue weighted by Crippen LogP contribution is 2.28. The van der Waals surface area contributed by atoms with Gasteiger partial charge in [0.2, 0.25) is 0 Å². The molecule has 148 valence electrons. The molecule has 3 N–H and O–H groups in total. The quantitative estimate of drug-likeness (QED) is 0.245. The van der Waals surface area contributed by atoms with E-state index in [0.29, 0.717) is 35.2 Å². The molecule has 0 bridgehead atoms. The maximum atomic E-state index is 7.49. The second-order valence-electron chi connectivity index (χ2n) is 6.50. The first-order valence-electron chi connectivity index (χ1n) is 9.03. The fraction of sp³-hybridized carbons (Fsp3) is 0.190. The van der Waals surface area contributed by atoms with Crippen LogP contribution in [0.4, 0.5) is 11.5 Å². The number of rotatable bonds is 7. The molecule has 2 aromatic heterocycles. The average Bonchev–Trinajstić information content (AvgIpc) is 2.70. The number of ether oxygens (including phenoxy) is 1. The van der Waals surface area contributed by atoms with Crippen LogP contribution in [0, 0.1) is 24.8 Å². The highest BCUT2D eigenvalue weighted by molar-refractivity contribution is 6.31. The van der Waals surface area contributed by atoms with E-state index < -0.39 is 0 Å². The Morgan fingerprint density at radius 2 is 2.00 bits per heavy atom. The summed E-state index contributed by atoms with van der Waals surface area (Å²) in [5, 5.41) is 14.5. The van der Waals surface area contributed by atoms with Gasteiger partial charge in [-0.1, -0.05) is 11.6 Å². The van der Waals surface area contributed by atoms with Crippen LogP contribution in [0.15, 0.2) is 53.8 Å². The van der Waals surface area contributed by atoms with Crippen LogP contribution in [0.1, 0.15) is 23.4 Å². The highest BCUT2D eigenvalue weighted by Gasteiger charge is 2.07. The van der Waals surface area contributed by atoms with Crippen LogP contribution in [0.3, 0.4) is 0 Å². The highest BCUT2D eigenvalue weighted by atomic mass is 35.5. The minimum absolute atomic E-state index is 0.0202. The molecule has 0 unspecified atom stereocenters. The molecule has 0 saturated heterocycles. The van der Waals surface area contributed by atoms with Crippen LogP contribution in [-0.2, 0) is 6.42 Å². The van der Waals surface area contributed by atoms with Gasteiger partial charge >= 0.3 is 0 Å². The van der Waals surface area contributed by atoms with Gasteiger partial charge in [-0.3, -0.25) is 10.4 Å². The third-order valence-electron chi connectivity index (χ3n) is 4.22. The topological polar surface area (TPSA) is 107 Å². The maximum absolute atomic E-state index is 7.49. The van der Waals surface area contributed by atoms with Crippen LogP contribution in [0.2, 0.25) is 5.02 Å².